The summed E-state index contributed by atoms with van der Waals surface area (Å²) in [5.74, 6) is 1.31. The molecule has 0 saturated heterocycles. The summed E-state index contributed by atoms with van der Waals surface area (Å²) in [5.41, 5.74) is 8.84. The van der Waals surface area contributed by atoms with Gasteiger partial charge in [0.05, 0.1) is 23.7 Å². The topological polar surface area (TPSA) is 55.2 Å². The first-order valence-electron chi connectivity index (χ1n) is 12.2. The molecule has 176 valence electrons. The first-order valence-corrected chi connectivity index (χ1v) is 12.2. The number of benzene rings is 2. The van der Waals surface area contributed by atoms with E-state index in [2.05, 4.69) is 93.7 Å². The number of ether oxygens (including phenoxy) is 1. The van der Waals surface area contributed by atoms with E-state index in [4.69, 9.17) is 14.8 Å². The van der Waals surface area contributed by atoms with Crippen LogP contribution in [0.15, 0.2) is 53.7 Å². The van der Waals surface area contributed by atoms with Gasteiger partial charge in [0, 0.05) is 46.6 Å². The molecule has 0 amide bonds. The number of H-pyrrole nitrogens is 1. The summed E-state index contributed by atoms with van der Waals surface area (Å²) in [6.45, 7) is 14.6. The molecule has 0 aliphatic carbocycles. The Morgan fingerprint density at radius 1 is 1.12 bits per heavy atom. The van der Waals surface area contributed by atoms with Crippen molar-refractivity contribution in [1.82, 2.24) is 14.8 Å². The van der Waals surface area contributed by atoms with Crippen molar-refractivity contribution in [3.8, 4) is 22.7 Å². The highest BCUT2D eigenvalue weighted by molar-refractivity contribution is 6.10. The van der Waals surface area contributed by atoms with Crippen LogP contribution in [0.1, 0.15) is 51.4 Å². The Balaban J connectivity index is 1.80. The highest BCUT2D eigenvalue weighted by Gasteiger charge is 2.33. The van der Waals surface area contributed by atoms with Gasteiger partial charge >= 0.3 is 0 Å². The average Bonchev–Trinajstić information content (AvgIpc) is 3.40. The Morgan fingerprint density at radius 2 is 1.94 bits per heavy atom. The first kappa shape index (κ1) is 22.5. The first-order chi connectivity index (χ1) is 16.2. The van der Waals surface area contributed by atoms with Gasteiger partial charge in [0.25, 0.3) is 0 Å². The molecule has 0 saturated carbocycles. The van der Waals surface area contributed by atoms with Crippen LogP contribution in [0.25, 0.3) is 27.8 Å². The molecule has 0 unspecified atom stereocenters. The minimum absolute atomic E-state index is 0.0846. The van der Waals surface area contributed by atoms with Crippen molar-refractivity contribution >= 4 is 16.6 Å². The summed E-state index contributed by atoms with van der Waals surface area (Å²) in [6.07, 6.45) is 2.83. The van der Waals surface area contributed by atoms with Crippen LogP contribution in [0.3, 0.4) is 0 Å². The number of rotatable bonds is 5. The molecule has 3 heterocycles. The fourth-order valence-electron chi connectivity index (χ4n) is 4.76. The van der Waals surface area contributed by atoms with Crippen molar-refractivity contribution in [2.24, 2.45) is 16.3 Å². The molecule has 34 heavy (non-hydrogen) atoms. The van der Waals surface area contributed by atoms with Gasteiger partial charge in [-0.3, -0.25) is 4.99 Å². The summed E-state index contributed by atoms with van der Waals surface area (Å²) in [6, 6.07) is 15.0. The second kappa shape index (κ2) is 8.46. The lowest BCUT2D eigenvalue weighted by Gasteiger charge is -2.25. The third-order valence-electron chi connectivity index (χ3n) is 6.34. The number of hydrogen-bond acceptors (Lipinski definition) is 3. The maximum absolute atomic E-state index is 6.31. The fourth-order valence-corrected chi connectivity index (χ4v) is 4.76. The van der Waals surface area contributed by atoms with Crippen LogP contribution in [0.2, 0.25) is 0 Å². The van der Waals surface area contributed by atoms with Crippen molar-refractivity contribution in [1.29, 1.82) is 0 Å². The SMILES string of the molecule is Cc1cccc(OCC(C)C)c1-n1nc2c(c1-c1ccc3[nH]ccc3c1)C(C(C)(C)C)=NCC2. The molecule has 0 fully saturated rings. The quantitative estimate of drug-likeness (QED) is 0.362. The van der Waals surface area contributed by atoms with E-state index in [1.807, 2.05) is 6.20 Å². The van der Waals surface area contributed by atoms with Crippen LogP contribution < -0.4 is 4.74 Å². The molecule has 0 bridgehead atoms. The van der Waals surface area contributed by atoms with Crippen LogP contribution in [0.5, 0.6) is 5.75 Å². The molecular formula is C29H34N4O. The van der Waals surface area contributed by atoms with Crippen molar-refractivity contribution in [3.63, 3.8) is 0 Å². The van der Waals surface area contributed by atoms with E-state index in [-0.39, 0.29) is 5.41 Å². The second-order valence-electron chi connectivity index (χ2n) is 10.7. The average molecular weight is 455 g/mol. The van der Waals surface area contributed by atoms with Gasteiger partial charge in [-0.15, -0.1) is 0 Å². The molecule has 1 aliphatic rings. The lowest BCUT2D eigenvalue weighted by atomic mass is 9.82. The van der Waals surface area contributed by atoms with Crippen LogP contribution in [-0.2, 0) is 6.42 Å². The zero-order chi connectivity index (χ0) is 24.0. The van der Waals surface area contributed by atoms with E-state index in [9.17, 15) is 0 Å². The highest BCUT2D eigenvalue weighted by Crippen LogP contribution is 2.39. The molecule has 1 aliphatic heterocycles. The van der Waals surface area contributed by atoms with Crippen molar-refractivity contribution in [2.75, 3.05) is 13.2 Å². The number of aromatic nitrogens is 3. The van der Waals surface area contributed by atoms with Gasteiger partial charge in [-0.1, -0.05) is 52.8 Å². The molecule has 2 aromatic carbocycles. The molecule has 0 spiro atoms. The molecule has 1 N–H and O–H groups in total. The summed E-state index contributed by atoms with van der Waals surface area (Å²) in [4.78, 5) is 8.33. The molecule has 5 heteroatoms. The van der Waals surface area contributed by atoms with Gasteiger partial charge in [-0.25, -0.2) is 4.68 Å². The third-order valence-corrected chi connectivity index (χ3v) is 6.34. The van der Waals surface area contributed by atoms with Crippen molar-refractivity contribution < 1.29 is 4.74 Å². The second-order valence-corrected chi connectivity index (χ2v) is 10.7. The van der Waals surface area contributed by atoms with Gasteiger partial charge in [0.15, 0.2) is 0 Å². The highest BCUT2D eigenvalue weighted by atomic mass is 16.5. The van der Waals surface area contributed by atoms with Gasteiger partial charge in [-0.2, -0.15) is 5.10 Å². The Bertz CT molecular complexity index is 1380. The van der Waals surface area contributed by atoms with Crippen LogP contribution in [0.4, 0.5) is 0 Å². The standard InChI is InChI=1S/C29H34N4O/c1-18(2)17-34-24-9-7-8-19(3)26(24)33-27(21-10-11-22-20(16-21)12-14-30-22)25-23(32-33)13-15-31-28(25)29(4,5)6/h7-12,14,16,18,30H,13,15,17H2,1-6H3. The zero-order valence-electron chi connectivity index (χ0n) is 21.1. The van der Waals surface area contributed by atoms with E-state index >= 15 is 0 Å². The Hall–Kier alpha value is -3.34. The zero-order valence-corrected chi connectivity index (χ0v) is 21.1. The van der Waals surface area contributed by atoms with Crippen LogP contribution >= 0.6 is 0 Å². The molecule has 5 nitrogen and oxygen atoms in total. The Morgan fingerprint density at radius 3 is 2.71 bits per heavy atom. The molecule has 4 aromatic rings. The van der Waals surface area contributed by atoms with Gasteiger partial charge in [0.2, 0.25) is 0 Å². The van der Waals surface area contributed by atoms with E-state index < -0.39 is 0 Å². The van der Waals surface area contributed by atoms with Gasteiger partial charge in [0.1, 0.15) is 11.4 Å². The lowest BCUT2D eigenvalue weighted by Crippen LogP contribution is -2.26. The number of para-hydroxylation sites is 1. The summed E-state index contributed by atoms with van der Waals surface area (Å²) < 4.78 is 8.43. The maximum Gasteiger partial charge on any atom is 0.145 e. The molecule has 2 aromatic heterocycles. The number of nitrogens with zero attached hydrogens (tertiary/aromatic N) is 3. The monoisotopic (exact) mass is 454 g/mol. The Kier molecular flexibility index (Phi) is 5.59. The smallest absolute Gasteiger partial charge is 0.145 e. The summed E-state index contributed by atoms with van der Waals surface area (Å²) in [5, 5.41) is 6.41. The van der Waals surface area contributed by atoms with Gasteiger partial charge in [-0.05, 0) is 42.7 Å². The van der Waals surface area contributed by atoms with E-state index in [0.29, 0.717) is 12.5 Å². The normalized spacial score (nSPS) is 13.9. The number of aromatic amines is 1. The lowest BCUT2D eigenvalue weighted by molar-refractivity contribution is 0.270. The molecular weight excluding hydrogens is 420 g/mol. The largest absolute Gasteiger partial charge is 0.491 e. The minimum Gasteiger partial charge on any atom is -0.491 e. The van der Waals surface area contributed by atoms with Crippen LogP contribution in [-0.4, -0.2) is 33.6 Å². The number of fused-ring (bicyclic) bond motifs is 2. The van der Waals surface area contributed by atoms with E-state index in [1.165, 1.54) is 10.9 Å². The van der Waals surface area contributed by atoms with Crippen LogP contribution in [0, 0.1) is 18.3 Å². The minimum atomic E-state index is -0.0846. The number of aryl methyl sites for hydroxylation is 1. The predicted molar refractivity (Wildman–Crippen MR) is 140 cm³/mol. The molecule has 5 rings (SSSR count). The molecule has 0 atom stereocenters. The predicted octanol–water partition coefficient (Wildman–Crippen LogP) is 6.76. The molecule has 0 radical (unpaired) electrons. The van der Waals surface area contributed by atoms with Gasteiger partial charge < -0.3 is 9.72 Å². The summed E-state index contributed by atoms with van der Waals surface area (Å²) >= 11 is 0. The maximum atomic E-state index is 6.31. The van der Waals surface area contributed by atoms with E-state index in [0.717, 1.165) is 58.1 Å². The third kappa shape index (κ3) is 3.93. The van der Waals surface area contributed by atoms with E-state index in [1.54, 1.807) is 0 Å². The summed E-state index contributed by atoms with van der Waals surface area (Å²) in [7, 11) is 0. The van der Waals surface area contributed by atoms with Crippen molar-refractivity contribution in [2.45, 2.75) is 48.0 Å². The fraction of sp³-hybridized carbons (Fsp3) is 0.379. The number of nitrogens with one attached hydrogen (secondary N) is 1. The Labute approximate surface area is 201 Å². The number of aliphatic imine (C=N–C) groups is 1. The van der Waals surface area contributed by atoms with Crippen molar-refractivity contribution in [3.05, 3.63) is 65.5 Å². The number of hydrogen-bond donors (Lipinski definition) is 1.